The summed E-state index contributed by atoms with van der Waals surface area (Å²) in [5.41, 5.74) is 0.430. The standard InChI is InChI=1S/C15H27NO/c1-11-6-13(9-15(2,3)8-11)7-14(17)16-10-12-4-5-12/h11-13H,4-10H2,1-3H3,(H,16,17)/t11-,13-/m0/s1. The third-order valence-corrected chi connectivity index (χ3v) is 4.24. The van der Waals surface area contributed by atoms with Gasteiger partial charge in [0.05, 0.1) is 0 Å². The van der Waals surface area contributed by atoms with Gasteiger partial charge in [-0.3, -0.25) is 4.79 Å². The summed E-state index contributed by atoms with van der Waals surface area (Å²) in [7, 11) is 0. The van der Waals surface area contributed by atoms with Gasteiger partial charge in [0.1, 0.15) is 0 Å². The second kappa shape index (κ2) is 4.99. The van der Waals surface area contributed by atoms with E-state index in [2.05, 4.69) is 26.1 Å². The van der Waals surface area contributed by atoms with E-state index >= 15 is 0 Å². The van der Waals surface area contributed by atoms with Crippen LogP contribution in [0.1, 0.15) is 59.3 Å². The molecule has 2 fully saturated rings. The van der Waals surface area contributed by atoms with E-state index in [9.17, 15) is 4.79 Å². The van der Waals surface area contributed by atoms with Crippen LogP contribution in [0.5, 0.6) is 0 Å². The number of nitrogens with one attached hydrogen (secondary N) is 1. The van der Waals surface area contributed by atoms with E-state index in [4.69, 9.17) is 0 Å². The minimum Gasteiger partial charge on any atom is -0.356 e. The third-order valence-electron chi connectivity index (χ3n) is 4.24. The molecule has 0 spiro atoms. The summed E-state index contributed by atoms with van der Waals surface area (Å²) < 4.78 is 0. The largest absolute Gasteiger partial charge is 0.356 e. The molecular weight excluding hydrogens is 210 g/mol. The number of hydrogen-bond donors (Lipinski definition) is 1. The summed E-state index contributed by atoms with van der Waals surface area (Å²) in [6.45, 7) is 7.94. The second-order valence-electron chi connectivity index (χ2n) is 7.23. The fraction of sp³-hybridized carbons (Fsp3) is 0.933. The maximum Gasteiger partial charge on any atom is 0.220 e. The highest BCUT2D eigenvalue weighted by Crippen LogP contribution is 2.42. The number of amides is 1. The smallest absolute Gasteiger partial charge is 0.220 e. The Morgan fingerprint density at radius 1 is 1.24 bits per heavy atom. The molecule has 0 radical (unpaired) electrons. The number of rotatable bonds is 4. The quantitative estimate of drug-likeness (QED) is 0.798. The first kappa shape index (κ1) is 12.9. The summed E-state index contributed by atoms with van der Waals surface area (Å²) in [6, 6.07) is 0. The molecule has 98 valence electrons. The Morgan fingerprint density at radius 3 is 2.53 bits per heavy atom. The summed E-state index contributed by atoms with van der Waals surface area (Å²) in [5, 5.41) is 3.10. The lowest BCUT2D eigenvalue weighted by atomic mass is 9.67. The Balaban J connectivity index is 1.74. The average molecular weight is 237 g/mol. The van der Waals surface area contributed by atoms with Gasteiger partial charge in [-0.05, 0) is 55.3 Å². The summed E-state index contributed by atoms with van der Waals surface area (Å²) >= 11 is 0. The first-order chi connectivity index (χ1) is 7.94. The van der Waals surface area contributed by atoms with Crippen molar-refractivity contribution in [1.82, 2.24) is 5.32 Å². The Hall–Kier alpha value is -0.530. The lowest BCUT2D eigenvalue weighted by Crippen LogP contribution is -2.33. The maximum atomic E-state index is 11.9. The Morgan fingerprint density at radius 2 is 1.94 bits per heavy atom. The van der Waals surface area contributed by atoms with E-state index in [1.165, 1.54) is 32.1 Å². The molecule has 0 bridgehead atoms. The number of carbonyl (C=O) groups is 1. The van der Waals surface area contributed by atoms with Crippen LogP contribution in [-0.4, -0.2) is 12.5 Å². The molecule has 0 unspecified atom stereocenters. The predicted octanol–water partition coefficient (Wildman–Crippen LogP) is 3.37. The molecule has 0 aliphatic heterocycles. The molecular formula is C15H27NO. The molecule has 0 saturated heterocycles. The van der Waals surface area contributed by atoms with Gasteiger partial charge in [-0.15, -0.1) is 0 Å². The zero-order valence-electron chi connectivity index (χ0n) is 11.6. The monoisotopic (exact) mass is 237 g/mol. The zero-order chi connectivity index (χ0) is 12.5. The van der Waals surface area contributed by atoms with Crippen LogP contribution in [0.4, 0.5) is 0 Å². The number of carbonyl (C=O) groups excluding carboxylic acids is 1. The first-order valence-electron chi connectivity index (χ1n) is 7.21. The molecule has 2 rings (SSSR count). The predicted molar refractivity (Wildman–Crippen MR) is 70.6 cm³/mol. The van der Waals surface area contributed by atoms with Gasteiger partial charge in [0.25, 0.3) is 0 Å². The highest BCUT2D eigenvalue weighted by Gasteiger charge is 2.33. The molecule has 2 aliphatic carbocycles. The van der Waals surface area contributed by atoms with Crippen LogP contribution in [0.2, 0.25) is 0 Å². The van der Waals surface area contributed by atoms with Crippen molar-refractivity contribution in [2.24, 2.45) is 23.2 Å². The van der Waals surface area contributed by atoms with Gasteiger partial charge in [-0.2, -0.15) is 0 Å². The van der Waals surface area contributed by atoms with Gasteiger partial charge in [0.2, 0.25) is 5.91 Å². The van der Waals surface area contributed by atoms with Gasteiger partial charge < -0.3 is 5.32 Å². The van der Waals surface area contributed by atoms with Gasteiger partial charge in [0, 0.05) is 13.0 Å². The van der Waals surface area contributed by atoms with E-state index in [1.54, 1.807) is 0 Å². The fourth-order valence-electron chi connectivity index (χ4n) is 3.61. The molecule has 2 nitrogen and oxygen atoms in total. The van der Waals surface area contributed by atoms with Gasteiger partial charge in [-0.25, -0.2) is 0 Å². The summed E-state index contributed by atoms with van der Waals surface area (Å²) in [6.07, 6.45) is 7.14. The van der Waals surface area contributed by atoms with Crippen molar-refractivity contribution in [3.8, 4) is 0 Å². The lowest BCUT2D eigenvalue weighted by Gasteiger charge is -2.38. The van der Waals surface area contributed by atoms with Crippen molar-refractivity contribution in [2.45, 2.75) is 59.3 Å². The van der Waals surface area contributed by atoms with Crippen molar-refractivity contribution in [1.29, 1.82) is 0 Å². The van der Waals surface area contributed by atoms with Crippen molar-refractivity contribution < 1.29 is 4.79 Å². The van der Waals surface area contributed by atoms with E-state index in [0.29, 0.717) is 11.3 Å². The van der Waals surface area contributed by atoms with Crippen LogP contribution < -0.4 is 5.32 Å². The van der Waals surface area contributed by atoms with E-state index in [-0.39, 0.29) is 5.91 Å². The molecule has 0 aromatic carbocycles. The van der Waals surface area contributed by atoms with Gasteiger partial charge >= 0.3 is 0 Å². The summed E-state index contributed by atoms with van der Waals surface area (Å²) in [5.74, 6) is 2.46. The van der Waals surface area contributed by atoms with E-state index in [1.807, 2.05) is 0 Å². The highest BCUT2D eigenvalue weighted by atomic mass is 16.1. The first-order valence-corrected chi connectivity index (χ1v) is 7.21. The molecule has 1 amide bonds. The molecule has 2 atom stereocenters. The van der Waals surface area contributed by atoms with Crippen molar-refractivity contribution >= 4 is 5.91 Å². The zero-order valence-corrected chi connectivity index (χ0v) is 11.6. The molecule has 2 saturated carbocycles. The maximum absolute atomic E-state index is 11.9. The molecule has 0 aromatic rings. The normalized spacial score (nSPS) is 32.2. The van der Waals surface area contributed by atoms with Crippen LogP contribution >= 0.6 is 0 Å². The molecule has 0 heterocycles. The van der Waals surface area contributed by atoms with Crippen LogP contribution in [0.3, 0.4) is 0 Å². The van der Waals surface area contributed by atoms with Crippen LogP contribution in [0, 0.1) is 23.2 Å². The van der Waals surface area contributed by atoms with Crippen molar-refractivity contribution in [2.75, 3.05) is 6.54 Å². The van der Waals surface area contributed by atoms with E-state index < -0.39 is 0 Å². The second-order valence-corrected chi connectivity index (χ2v) is 7.23. The van der Waals surface area contributed by atoms with Crippen molar-refractivity contribution in [3.05, 3.63) is 0 Å². The topological polar surface area (TPSA) is 29.1 Å². The van der Waals surface area contributed by atoms with Crippen LogP contribution in [-0.2, 0) is 4.79 Å². The minimum atomic E-state index is 0.284. The molecule has 2 heteroatoms. The van der Waals surface area contributed by atoms with Gasteiger partial charge in [0.15, 0.2) is 0 Å². The Labute approximate surface area is 106 Å². The molecule has 1 N–H and O–H groups in total. The van der Waals surface area contributed by atoms with Crippen molar-refractivity contribution in [3.63, 3.8) is 0 Å². The summed E-state index contributed by atoms with van der Waals surface area (Å²) in [4.78, 5) is 11.9. The lowest BCUT2D eigenvalue weighted by molar-refractivity contribution is -0.122. The van der Waals surface area contributed by atoms with Crippen LogP contribution in [0.25, 0.3) is 0 Å². The SMILES string of the molecule is C[C@H]1C[C@@H](CC(=O)NCC2CC2)CC(C)(C)C1. The number of hydrogen-bond acceptors (Lipinski definition) is 1. The molecule has 2 aliphatic rings. The highest BCUT2D eigenvalue weighted by molar-refractivity contribution is 5.76. The molecule has 0 aromatic heterocycles. The Bertz CT molecular complexity index is 281. The van der Waals surface area contributed by atoms with Gasteiger partial charge in [-0.1, -0.05) is 20.8 Å². The minimum absolute atomic E-state index is 0.284. The van der Waals surface area contributed by atoms with Crippen LogP contribution in [0.15, 0.2) is 0 Å². The molecule has 17 heavy (non-hydrogen) atoms. The third kappa shape index (κ3) is 4.33. The average Bonchev–Trinajstić information content (AvgIpc) is 2.94. The Kier molecular flexibility index (Phi) is 3.79. The van der Waals surface area contributed by atoms with E-state index in [0.717, 1.165) is 24.8 Å². The fourth-order valence-corrected chi connectivity index (χ4v) is 3.61.